The van der Waals surface area contributed by atoms with Crippen molar-refractivity contribution in [2.75, 3.05) is 6.61 Å². The lowest BCUT2D eigenvalue weighted by Crippen LogP contribution is -2.61. The molecule has 0 aliphatic heterocycles. The molecular weight excluding hydrogens is 400 g/mol. The molecule has 4 aliphatic carbocycles. The Kier molecular flexibility index (Phi) is 7.33. The van der Waals surface area contributed by atoms with Crippen molar-refractivity contribution in [3.8, 4) is 0 Å². The molecule has 10 atom stereocenters. The zero-order chi connectivity index (χ0) is 23.1. The Morgan fingerprint density at radius 2 is 1.88 bits per heavy atom. The molecule has 10 unspecified atom stereocenters. The van der Waals surface area contributed by atoms with Crippen LogP contribution in [0.25, 0.3) is 0 Å². The molecule has 0 aromatic heterocycles. The molecule has 2 N–H and O–H groups in total. The van der Waals surface area contributed by atoms with Crippen LogP contribution in [0.15, 0.2) is 0 Å². The van der Waals surface area contributed by atoms with Crippen molar-refractivity contribution in [3.05, 3.63) is 0 Å². The second kappa shape index (κ2) is 9.56. The van der Waals surface area contributed by atoms with Crippen LogP contribution in [-0.4, -0.2) is 35.0 Å². The quantitative estimate of drug-likeness (QED) is 0.385. The van der Waals surface area contributed by atoms with E-state index in [0.29, 0.717) is 48.5 Å². The average Bonchev–Trinajstić information content (AvgIpc) is 3.12. The number of aliphatic hydroxyl groups excluding tert-OH is 2. The van der Waals surface area contributed by atoms with Crippen LogP contribution in [0.1, 0.15) is 105 Å². The molecule has 4 fully saturated rings. The minimum atomic E-state index is -0.301. The topological polar surface area (TPSA) is 66.8 Å². The fraction of sp³-hybridized carbons (Fsp3) is 0.964. The van der Waals surface area contributed by atoms with Gasteiger partial charge in [-0.25, -0.2) is 0 Å². The Morgan fingerprint density at radius 1 is 1.09 bits per heavy atom. The van der Waals surface area contributed by atoms with Gasteiger partial charge in [-0.05, 0) is 97.7 Å². The molecular formula is C28H48O4. The lowest BCUT2D eigenvalue weighted by Gasteiger charge is -2.63. The van der Waals surface area contributed by atoms with Crippen molar-refractivity contribution in [2.45, 2.75) is 117 Å². The Balaban J connectivity index is 1.47. The number of unbranched alkanes of at least 4 members (excludes halogenated alkanes) is 1. The molecule has 0 aromatic rings. The second-order valence-electron chi connectivity index (χ2n) is 12.4. The summed E-state index contributed by atoms with van der Waals surface area (Å²) in [4.78, 5) is 12.2. The molecule has 32 heavy (non-hydrogen) atoms. The van der Waals surface area contributed by atoms with Crippen molar-refractivity contribution < 1.29 is 19.7 Å². The van der Waals surface area contributed by atoms with Crippen LogP contribution < -0.4 is 0 Å². The van der Waals surface area contributed by atoms with Gasteiger partial charge in [0.15, 0.2) is 0 Å². The predicted molar refractivity (Wildman–Crippen MR) is 127 cm³/mol. The normalized spacial score (nSPS) is 46.6. The van der Waals surface area contributed by atoms with Crippen LogP contribution >= 0.6 is 0 Å². The number of hydrogen-bond acceptors (Lipinski definition) is 4. The minimum absolute atomic E-state index is 0.0757. The molecule has 184 valence electrons. The van der Waals surface area contributed by atoms with E-state index >= 15 is 0 Å². The molecule has 0 aromatic carbocycles. The summed E-state index contributed by atoms with van der Waals surface area (Å²) in [5.41, 5.74) is 0.141. The summed E-state index contributed by atoms with van der Waals surface area (Å²) in [6.45, 7) is 9.70. The number of carbonyl (C=O) groups excluding carboxylic acids is 1. The first-order valence-electron chi connectivity index (χ1n) is 13.7. The van der Waals surface area contributed by atoms with Crippen molar-refractivity contribution in [2.24, 2.45) is 46.3 Å². The second-order valence-corrected chi connectivity index (χ2v) is 12.4. The van der Waals surface area contributed by atoms with Gasteiger partial charge >= 0.3 is 5.97 Å². The van der Waals surface area contributed by atoms with E-state index in [1.54, 1.807) is 0 Å². The van der Waals surface area contributed by atoms with Crippen LogP contribution in [0.3, 0.4) is 0 Å². The molecule has 4 saturated carbocycles. The van der Waals surface area contributed by atoms with Gasteiger partial charge in [0.05, 0.1) is 18.8 Å². The third-order valence-electron chi connectivity index (χ3n) is 11.0. The first-order valence-corrected chi connectivity index (χ1v) is 13.7. The fourth-order valence-electron chi connectivity index (χ4n) is 9.14. The molecule has 0 amide bonds. The molecule has 0 radical (unpaired) electrons. The lowest BCUT2D eigenvalue weighted by molar-refractivity contribution is -0.201. The summed E-state index contributed by atoms with van der Waals surface area (Å²) >= 11 is 0. The highest BCUT2D eigenvalue weighted by atomic mass is 16.5. The third-order valence-corrected chi connectivity index (χ3v) is 11.0. The summed E-state index contributed by atoms with van der Waals surface area (Å²) in [6, 6.07) is 0. The standard InChI is InChI=1S/C28H48O4/c1-5-6-15-32-25(31)13-10-18(2)20-11-12-21-26-22(17-24(30)28(20,21)4)27(3)14-8-7-9-19(27)16-23(26)29/h18-24,26,29-30H,5-17H2,1-4H3. The van der Waals surface area contributed by atoms with Gasteiger partial charge in [-0.3, -0.25) is 4.79 Å². The third kappa shape index (κ3) is 4.06. The summed E-state index contributed by atoms with van der Waals surface area (Å²) in [7, 11) is 0. The number of hydrogen-bond donors (Lipinski definition) is 2. The smallest absolute Gasteiger partial charge is 0.305 e. The zero-order valence-electron chi connectivity index (χ0n) is 21.0. The fourth-order valence-corrected chi connectivity index (χ4v) is 9.14. The van der Waals surface area contributed by atoms with E-state index < -0.39 is 0 Å². The number of fused-ring (bicyclic) bond motifs is 5. The summed E-state index contributed by atoms with van der Waals surface area (Å²) < 4.78 is 5.37. The lowest BCUT2D eigenvalue weighted by atomic mass is 9.43. The van der Waals surface area contributed by atoms with Gasteiger partial charge in [0.25, 0.3) is 0 Å². The summed E-state index contributed by atoms with van der Waals surface area (Å²) in [6.07, 6.45) is 11.9. The zero-order valence-corrected chi connectivity index (χ0v) is 21.0. The maximum Gasteiger partial charge on any atom is 0.305 e. The Morgan fingerprint density at radius 3 is 2.62 bits per heavy atom. The number of aliphatic hydroxyl groups is 2. The van der Waals surface area contributed by atoms with Gasteiger partial charge in [-0.1, -0.05) is 47.0 Å². The maximum atomic E-state index is 12.2. The van der Waals surface area contributed by atoms with Crippen LogP contribution in [0, 0.1) is 46.3 Å². The van der Waals surface area contributed by atoms with E-state index in [1.165, 1.54) is 25.7 Å². The van der Waals surface area contributed by atoms with Crippen molar-refractivity contribution in [1.29, 1.82) is 0 Å². The molecule has 0 spiro atoms. The molecule has 0 heterocycles. The maximum absolute atomic E-state index is 12.2. The Hall–Kier alpha value is -0.610. The van der Waals surface area contributed by atoms with E-state index in [1.807, 2.05) is 0 Å². The summed E-state index contributed by atoms with van der Waals surface area (Å²) in [5, 5.41) is 23.0. The van der Waals surface area contributed by atoms with E-state index in [4.69, 9.17) is 4.74 Å². The van der Waals surface area contributed by atoms with Gasteiger partial charge in [0, 0.05) is 6.42 Å². The predicted octanol–water partition coefficient (Wildman–Crippen LogP) is 5.74. The molecule has 4 heteroatoms. The van der Waals surface area contributed by atoms with Crippen molar-refractivity contribution in [1.82, 2.24) is 0 Å². The molecule has 4 aliphatic rings. The SMILES string of the molecule is CCCCOC(=O)CCC(C)C1CCC2C3C(O)CC4CCCCC4(C)C3CC(O)C12C. The largest absolute Gasteiger partial charge is 0.466 e. The Bertz CT molecular complexity index is 664. The highest BCUT2D eigenvalue weighted by molar-refractivity contribution is 5.69. The monoisotopic (exact) mass is 448 g/mol. The minimum Gasteiger partial charge on any atom is -0.466 e. The van der Waals surface area contributed by atoms with Gasteiger partial charge in [0.2, 0.25) is 0 Å². The van der Waals surface area contributed by atoms with Crippen LogP contribution in [-0.2, 0) is 9.53 Å². The van der Waals surface area contributed by atoms with E-state index in [2.05, 4.69) is 27.7 Å². The van der Waals surface area contributed by atoms with Crippen LogP contribution in [0.2, 0.25) is 0 Å². The van der Waals surface area contributed by atoms with Crippen LogP contribution in [0.4, 0.5) is 0 Å². The van der Waals surface area contributed by atoms with Gasteiger partial charge in [-0.15, -0.1) is 0 Å². The molecule has 0 saturated heterocycles. The first-order chi connectivity index (χ1) is 15.2. The highest BCUT2D eigenvalue weighted by Crippen LogP contribution is 2.68. The van der Waals surface area contributed by atoms with Crippen molar-refractivity contribution in [3.63, 3.8) is 0 Å². The van der Waals surface area contributed by atoms with Gasteiger partial charge in [0.1, 0.15) is 0 Å². The number of carbonyl (C=O) groups is 1. The molecule has 4 nitrogen and oxygen atoms in total. The van der Waals surface area contributed by atoms with Crippen LogP contribution in [0.5, 0.6) is 0 Å². The van der Waals surface area contributed by atoms with E-state index in [0.717, 1.165) is 44.9 Å². The molecule has 0 bridgehead atoms. The van der Waals surface area contributed by atoms with Crippen molar-refractivity contribution >= 4 is 5.97 Å². The van der Waals surface area contributed by atoms with Gasteiger partial charge in [-0.2, -0.15) is 0 Å². The van der Waals surface area contributed by atoms with E-state index in [9.17, 15) is 15.0 Å². The molecule has 4 rings (SSSR count). The van der Waals surface area contributed by atoms with E-state index in [-0.39, 0.29) is 29.0 Å². The summed E-state index contributed by atoms with van der Waals surface area (Å²) in [5.74, 6) is 2.53. The average molecular weight is 449 g/mol. The number of ether oxygens (including phenoxy) is 1. The number of rotatable bonds is 7. The van der Waals surface area contributed by atoms with Gasteiger partial charge < -0.3 is 14.9 Å². The Labute approximate surface area is 195 Å². The first kappa shape index (κ1) is 24.5. The number of esters is 1. The highest BCUT2D eigenvalue weighted by Gasteiger charge is 2.65.